The van der Waals surface area contributed by atoms with Gasteiger partial charge in [-0.3, -0.25) is 0 Å². The van der Waals surface area contributed by atoms with E-state index in [1.165, 1.54) is 0 Å². The van der Waals surface area contributed by atoms with Crippen molar-refractivity contribution in [1.29, 1.82) is 0 Å². The number of allylic oxidation sites excluding steroid dienone is 6. The molecule has 0 atom stereocenters. The molecule has 0 heterocycles. The van der Waals surface area contributed by atoms with Crippen molar-refractivity contribution in [3.05, 3.63) is 47.6 Å². The molecule has 3 heteroatoms. The first kappa shape index (κ1) is 17.1. The Labute approximate surface area is 129 Å². The van der Waals surface area contributed by atoms with Crippen LogP contribution in [0.4, 0.5) is 0 Å². The molecular formula is C14H19ClOZr. The minimum atomic E-state index is -0.693. The molecule has 0 aromatic carbocycles. The first-order chi connectivity index (χ1) is 7.27. The fraction of sp³-hybridized carbons (Fsp3) is 0.429. The third-order valence-electron chi connectivity index (χ3n) is 3.22. The Morgan fingerprint density at radius 1 is 1.12 bits per heavy atom. The molecule has 17 heavy (non-hydrogen) atoms. The molecule has 0 saturated carbocycles. The summed E-state index contributed by atoms with van der Waals surface area (Å²) in [6.45, 7) is 2.12. The van der Waals surface area contributed by atoms with Crippen LogP contribution in [-0.4, -0.2) is 10.7 Å². The van der Waals surface area contributed by atoms with E-state index in [2.05, 4.69) is 31.2 Å². The summed E-state index contributed by atoms with van der Waals surface area (Å²) in [7, 11) is 0. The van der Waals surface area contributed by atoms with Crippen LogP contribution < -0.4 is 0 Å². The molecule has 0 radical (unpaired) electrons. The Morgan fingerprint density at radius 3 is 1.88 bits per heavy atom. The van der Waals surface area contributed by atoms with Crippen molar-refractivity contribution < 1.29 is 31.3 Å². The van der Waals surface area contributed by atoms with Crippen LogP contribution >= 0.6 is 12.4 Å². The van der Waals surface area contributed by atoms with Crippen molar-refractivity contribution in [1.82, 2.24) is 0 Å². The van der Waals surface area contributed by atoms with E-state index in [0.717, 1.165) is 36.8 Å². The van der Waals surface area contributed by atoms with Crippen molar-refractivity contribution in [2.45, 2.75) is 38.2 Å². The van der Waals surface area contributed by atoms with Crippen LogP contribution in [-0.2, 0) is 26.2 Å². The van der Waals surface area contributed by atoms with Gasteiger partial charge < -0.3 is 5.11 Å². The second-order valence-corrected chi connectivity index (χ2v) is 4.26. The van der Waals surface area contributed by atoms with Gasteiger partial charge in [0.25, 0.3) is 0 Å². The summed E-state index contributed by atoms with van der Waals surface area (Å²) in [6, 6.07) is 0. The summed E-state index contributed by atoms with van der Waals surface area (Å²) in [6.07, 6.45) is 16.1. The Hall–Kier alpha value is 0.0931. The maximum atomic E-state index is 10.8. The topological polar surface area (TPSA) is 20.2 Å². The van der Waals surface area contributed by atoms with Crippen LogP contribution in [0.25, 0.3) is 0 Å². The summed E-state index contributed by atoms with van der Waals surface area (Å²) in [5.74, 6) is 0. The van der Waals surface area contributed by atoms with Gasteiger partial charge in [0.2, 0.25) is 0 Å². The third-order valence-corrected chi connectivity index (χ3v) is 3.22. The molecule has 2 aliphatic carbocycles. The van der Waals surface area contributed by atoms with Gasteiger partial charge in [0.05, 0.1) is 0 Å². The maximum Gasteiger partial charge on any atom is 0.108 e. The summed E-state index contributed by atoms with van der Waals surface area (Å²) in [4.78, 5) is 0. The van der Waals surface area contributed by atoms with E-state index in [4.69, 9.17) is 0 Å². The number of hydrogen-bond donors (Lipinski definition) is 1. The van der Waals surface area contributed by atoms with Crippen molar-refractivity contribution in [2.24, 2.45) is 0 Å². The zero-order chi connectivity index (χ0) is 10.7. The average Bonchev–Trinajstić information content (AvgIpc) is 2.92. The molecule has 92 valence electrons. The molecule has 0 fully saturated rings. The van der Waals surface area contributed by atoms with Crippen LogP contribution in [0, 0.1) is 0 Å². The van der Waals surface area contributed by atoms with Crippen molar-refractivity contribution in [2.75, 3.05) is 0 Å². The molecule has 0 amide bonds. The van der Waals surface area contributed by atoms with E-state index in [0.29, 0.717) is 0 Å². The molecule has 1 nitrogen and oxygen atoms in total. The van der Waals surface area contributed by atoms with Crippen LogP contribution in [0.15, 0.2) is 47.6 Å². The monoisotopic (exact) mass is 328 g/mol. The van der Waals surface area contributed by atoms with E-state index in [1.807, 2.05) is 12.2 Å². The number of halogens is 1. The predicted octanol–water partition coefficient (Wildman–Crippen LogP) is 3.71. The Bertz CT molecular complexity index is 336. The summed E-state index contributed by atoms with van der Waals surface area (Å²) in [5.41, 5.74) is 1.61. The van der Waals surface area contributed by atoms with E-state index in [-0.39, 0.29) is 38.6 Å². The first-order valence-electron chi connectivity index (χ1n) is 5.72. The predicted molar refractivity (Wildman–Crippen MR) is 70.8 cm³/mol. The van der Waals surface area contributed by atoms with Gasteiger partial charge in [0, 0.05) is 26.2 Å². The van der Waals surface area contributed by atoms with Crippen LogP contribution in [0.1, 0.15) is 32.6 Å². The number of rotatable bonds is 4. The van der Waals surface area contributed by atoms with Crippen LogP contribution in [0.3, 0.4) is 0 Å². The third kappa shape index (κ3) is 3.53. The molecule has 1 N–H and O–H groups in total. The quantitative estimate of drug-likeness (QED) is 0.833. The molecule has 0 aromatic rings. The Morgan fingerprint density at radius 2 is 1.59 bits per heavy atom. The molecule has 0 aromatic heterocycles. The van der Waals surface area contributed by atoms with Crippen molar-refractivity contribution >= 4 is 12.4 Å². The molecular weight excluding hydrogens is 311 g/mol. The van der Waals surface area contributed by atoms with Gasteiger partial charge in [-0.2, -0.15) is 0 Å². The molecule has 2 rings (SSSR count). The minimum Gasteiger partial charge on any atom is -0.381 e. The standard InChI is InChI=1S/C14H18O.ClH.Zr/c1-2-11-14(15,12-7-3-4-8-12)13-9-5-6-10-13;;/h3-7,9,15H,2,8,10-11H2,1H3;1H;. The smallest absolute Gasteiger partial charge is 0.108 e. The summed E-state index contributed by atoms with van der Waals surface area (Å²) >= 11 is 0. The molecule has 0 aliphatic heterocycles. The normalized spacial score (nSPS) is 17.3. The van der Waals surface area contributed by atoms with E-state index >= 15 is 0 Å². The van der Waals surface area contributed by atoms with Gasteiger partial charge in [0.1, 0.15) is 5.60 Å². The second kappa shape index (κ2) is 7.51. The van der Waals surface area contributed by atoms with Gasteiger partial charge in [-0.1, -0.05) is 49.8 Å². The zero-order valence-electron chi connectivity index (χ0n) is 10.1. The maximum absolute atomic E-state index is 10.8. The van der Waals surface area contributed by atoms with Crippen molar-refractivity contribution in [3.63, 3.8) is 0 Å². The van der Waals surface area contributed by atoms with E-state index in [1.54, 1.807) is 0 Å². The Kier molecular flexibility index (Phi) is 7.55. The second-order valence-electron chi connectivity index (χ2n) is 4.26. The van der Waals surface area contributed by atoms with Gasteiger partial charge >= 0.3 is 0 Å². The largest absolute Gasteiger partial charge is 0.381 e. The SMILES string of the molecule is CCCC(O)(C1=CC=CC1)C1=CC=CC1.Cl.[Zr]. The Balaban J connectivity index is 0.00000128. The van der Waals surface area contributed by atoms with E-state index < -0.39 is 5.60 Å². The van der Waals surface area contributed by atoms with Crippen LogP contribution in [0.5, 0.6) is 0 Å². The number of hydrogen-bond acceptors (Lipinski definition) is 1. The van der Waals surface area contributed by atoms with Gasteiger partial charge in [-0.15, -0.1) is 12.4 Å². The van der Waals surface area contributed by atoms with Gasteiger partial charge in [-0.25, -0.2) is 0 Å². The molecule has 2 aliphatic rings. The zero-order valence-corrected chi connectivity index (χ0v) is 13.4. The van der Waals surface area contributed by atoms with Crippen LogP contribution in [0.2, 0.25) is 0 Å². The van der Waals surface area contributed by atoms with E-state index in [9.17, 15) is 5.11 Å². The minimum absolute atomic E-state index is 0. The fourth-order valence-electron chi connectivity index (χ4n) is 2.40. The average molecular weight is 330 g/mol. The fourth-order valence-corrected chi connectivity index (χ4v) is 2.40. The molecule has 0 spiro atoms. The summed E-state index contributed by atoms with van der Waals surface area (Å²) in [5, 5.41) is 10.8. The molecule has 0 unspecified atom stereocenters. The first-order valence-corrected chi connectivity index (χ1v) is 5.72. The summed E-state index contributed by atoms with van der Waals surface area (Å²) < 4.78 is 0. The molecule has 0 saturated heterocycles. The van der Waals surface area contributed by atoms with Gasteiger partial charge in [-0.05, 0) is 30.4 Å². The molecule has 0 bridgehead atoms. The number of aliphatic hydroxyl groups is 1. The van der Waals surface area contributed by atoms with Crippen molar-refractivity contribution in [3.8, 4) is 0 Å². The van der Waals surface area contributed by atoms with Gasteiger partial charge in [0.15, 0.2) is 0 Å².